The first-order valence-corrected chi connectivity index (χ1v) is 8.08. The van der Waals surface area contributed by atoms with Crippen LogP contribution in [0, 0.1) is 0 Å². The average molecular weight is 335 g/mol. The van der Waals surface area contributed by atoms with Crippen LogP contribution in [0.3, 0.4) is 0 Å². The Morgan fingerprint density at radius 2 is 1.92 bits per heavy atom. The fraction of sp³-hybridized carbons (Fsp3) is 0.556. The molecule has 6 nitrogen and oxygen atoms in total. The molecule has 2 rings (SSSR count). The summed E-state index contributed by atoms with van der Waals surface area (Å²) in [5.41, 5.74) is 0.328. The number of ether oxygens (including phenoxy) is 2. The molecule has 2 unspecified atom stereocenters. The molecule has 1 aromatic rings. The number of aliphatic carboxylic acids is 1. The quantitative estimate of drug-likeness (QED) is 0.917. The van der Waals surface area contributed by atoms with Crippen LogP contribution < -0.4 is 4.74 Å². The second kappa shape index (κ2) is 7.11. The summed E-state index contributed by atoms with van der Waals surface area (Å²) in [6, 6.07) is 6.71. The number of hydrogen-bond acceptors (Lipinski definition) is 4. The number of carboxylic acid groups (broad SMARTS) is 1. The number of nitrogens with zero attached hydrogens (tertiary/aromatic N) is 1. The average Bonchev–Trinajstić information content (AvgIpc) is 2.52. The van der Waals surface area contributed by atoms with E-state index in [0.717, 1.165) is 11.3 Å². The lowest BCUT2D eigenvalue weighted by Crippen LogP contribution is -2.51. The van der Waals surface area contributed by atoms with Crippen molar-refractivity contribution < 1.29 is 24.2 Å². The lowest BCUT2D eigenvalue weighted by Gasteiger charge is -2.38. The zero-order chi connectivity index (χ0) is 17.9. The molecular weight excluding hydrogens is 310 g/mol. The smallest absolute Gasteiger partial charge is 0.411 e. The minimum absolute atomic E-state index is 0.0286. The molecule has 2 atom stereocenters. The van der Waals surface area contributed by atoms with E-state index in [1.807, 2.05) is 24.3 Å². The summed E-state index contributed by atoms with van der Waals surface area (Å²) in [6.45, 7) is 5.64. The van der Waals surface area contributed by atoms with Gasteiger partial charge in [0.1, 0.15) is 17.4 Å². The van der Waals surface area contributed by atoms with Gasteiger partial charge >= 0.3 is 12.1 Å². The number of methoxy groups -OCH3 is 1. The van der Waals surface area contributed by atoms with Crippen molar-refractivity contribution in [2.45, 2.75) is 51.2 Å². The molecule has 1 aliphatic heterocycles. The van der Waals surface area contributed by atoms with Gasteiger partial charge < -0.3 is 14.6 Å². The van der Waals surface area contributed by atoms with Crippen LogP contribution in [-0.4, -0.2) is 47.4 Å². The Hall–Kier alpha value is -2.24. The number of para-hydroxylation sites is 1. The molecule has 1 amide bonds. The molecular formula is C18H25NO5. The van der Waals surface area contributed by atoms with Crippen LogP contribution in [0.15, 0.2) is 24.3 Å². The summed E-state index contributed by atoms with van der Waals surface area (Å²) in [4.78, 5) is 25.3. The van der Waals surface area contributed by atoms with E-state index in [1.165, 1.54) is 4.90 Å². The van der Waals surface area contributed by atoms with Crippen LogP contribution >= 0.6 is 0 Å². The Labute approximate surface area is 142 Å². The molecule has 1 N–H and O–H groups in total. The monoisotopic (exact) mass is 335 g/mol. The Morgan fingerprint density at radius 3 is 2.50 bits per heavy atom. The van der Waals surface area contributed by atoms with E-state index >= 15 is 0 Å². The van der Waals surface area contributed by atoms with Gasteiger partial charge in [0.25, 0.3) is 0 Å². The summed E-state index contributed by atoms with van der Waals surface area (Å²) in [7, 11) is 1.60. The van der Waals surface area contributed by atoms with Crippen molar-refractivity contribution in [2.24, 2.45) is 0 Å². The number of benzene rings is 1. The van der Waals surface area contributed by atoms with E-state index in [-0.39, 0.29) is 5.92 Å². The maximum atomic E-state index is 12.3. The second-order valence-electron chi connectivity index (χ2n) is 6.99. The Morgan fingerprint density at radius 1 is 1.25 bits per heavy atom. The molecule has 0 aliphatic carbocycles. The van der Waals surface area contributed by atoms with Gasteiger partial charge in [0.2, 0.25) is 0 Å². The largest absolute Gasteiger partial charge is 0.496 e. The van der Waals surface area contributed by atoms with E-state index in [4.69, 9.17) is 9.47 Å². The van der Waals surface area contributed by atoms with E-state index in [9.17, 15) is 14.7 Å². The lowest BCUT2D eigenvalue weighted by atomic mass is 9.85. The van der Waals surface area contributed by atoms with Gasteiger partial charge in [-0.25, -0.2) is 9.59 Å². The van der Waals surface area contributed by atoms with Gasteiger partial charge in [0, 0.05) is 6.54 Å². The topological polar surface area (TPSA) is 76.1 Å². The van der Waals surface area contributed by atoms with E-state index < -0.39 is 23.7 Å². The molecule has 24 heavy (non-hydrogen) atoms. The molecule has 1 saturated heterocycles. The zero-order valence-electron chi connectivity index (χ0n) is 14.6. The molecule has 1 aliphatic rings. The Balaban J connectivity index is 2.19. The highest BCUT2D eigenvalue weighted by atomic mass is 16.6. The van der Waals surface area contributed by atoms with Gasteiger partial charge in [-0.2, -0.15) is 0 Å². The van der Waals surface area contributed by atoms with Crippen LogP contribution in [0.1, 0.15) is 45.1 Å². The Kier molecular flexibility index (Phi) is 5.36. The minimum atomic E-state index is -1.01. The number of likely N-dealkylation sites (tertiary alicyclic amines) is 1. The van der Waals surface area contributed by atoms with Crippen LogP contribution in [0.25, 0.3) is 0 Å². The number of rotatable bonds is 3. The van der Waals surface area contributed by atoms with Crippen LogP contribution in [0.4, 0.5) is 4.79 Å². The summed E-state index contributed by atoms with van der Waals surface area (Å²) >= 11 is 0. The fourth-order valence-electron chi connectivity index (χ4n) is 3.02. The molecule has 0 saturated carbocycles. The first kappa shape index (κ1) is 18.1. The third-order valence-electron chi connectivity index (χ3n) is 4.09. The predicted octanol–water partition coefficient (Wildman–Crippen LogP) is 3.26. The van der Waals surface area contributed by atoms with Gasteiger partial charge in [-0.3, -0.25) is 4.90 Å². The molecule has 6 heteroatoms. The molecule has 1 fully saturated rings. The highest BCUT2D eigenvalue weighted by Crippen LogP contribution is 2.37. The Bertz CT molecular complexity index is 608. The normalized spacial score (nSPS) is 21.2. The predicted molar refractivity (Wildman–Crippen MR) is 89.3 cm³/mol. The molecule has 0 aromatic heterocycles. The first-order chi connectivity index (χ1) is 11.2. The zero-order valence-corrected chi connectivity index (χ0v) is 14.6. The second-order valence-corrected chi connectivity index (χ2v) is 6.99. The third-order valence-corrected chi connectivity index (χ3v) is 4.09. The number of hydrogen-bond donors (Lipinski definition) is 1. The van der Waals surface area contributed by atoms with Crippen molar-refractivity contribution >= 4 is 12.1 Å². The highest BCUT2D eigenvalue weighted by Gasteiger charge is 2.39. The van der Waals surface area contributed by atoms with Crippen LogP contribution in [0.2, 0.25) is 0 Å². The van der Waals surface area contributed by atoms with E-state index in [1.54, 1.807) is 27.9 Å². The maximum Gasteiger partial charge on any atom is 0.411 e. The molecule has 1 aromatic carbocycles. The SMILES string of the molecule is COc1ccccc1C1CCN(C(=O)OC(C)(C)C)C(C(=O)O)C1. The summed E-state index contributed by atoms with van der Waals surface area (Å²) in [6.07, 6.45) is 0.437. The van der Waals surface area contributed by atoms with Crippen LogP contribution in [-0.2, 0) is 9.53 Å². The lowest BCUT2D eigenvalue weighted by molar-refractivity contribution is -0.144. The number of carbonyl (C=O) groups is 2. The number of amides is 1. The van der Waals surface area contributed by atoms with Crippen molar-refractivity contribution in [3.8, 4) is 5.75 Å². The maximum absolute atomic E-state index is 12.3. The third kappa shape index (κ3) is 4.19. The van der Waals surface area contributed by atoms with Crippen molar-refractivity contribution in [1.29, 1.82) is 0 Å². The van der Waals surface area contributed by atoms with Crippen molar-refractivity contribution in [3.05, 3.63) is 29.8 Å². The minimum Gasteiger partial charge on any atom is -0.496 e. The fourth-order valence-corrected chi connectivity index (χ4v) is 3.02. The number of piperidine rings is 1. The van der Waals surface area contributed by atoms with Crippen molar-refractivity contribution in [2.75, 3.05) is 13.7 Å². The van der Waals surface area contributed by atoms with E-state index in [0.29, 0.717) is 19.4 Å². The highest BCUT2D eigenvalue weighted by molar-refractivity contribution is 5.80. The molecule has 1 heterocycles. The summed E-state index contributed by atoms with van der Waals surface area (Å²) in [5, 5.41) is 9.57. The number of carboxylic acids is 1. The van der Waals surface area contributed by atoms with Gasteiger partial charge in [0.15, 0.2) is 0 Å². The molecule has 0 spiro atoms. The standard InChI is InChI=1S/C18H25NO5/c1-18(2,3)24-17(22)19-10-9-12(11-14(19)16(20)21)13-7-5-6-8-15(13)23-4/h5-8,12,14H,9-11H2,1-4H3,(H,20,21). The van der Waals surface area contributed by atoms with E-state index in [2.05, 4.69) is 0 Å². The van der Waals surface area contributed by atoms with Gasteiger partial charge in [0.05, 0.1) is 7.11 Å². The molecule has 0 bridgehead atoms. The van der Waals surface area contributed by atoms with Crippen molar-refractivity contribution in [3.63, 3.8) is 0 Å². The molecule has 0 radical (unpaired) electrons. The summed E-state index contributed by atoms with van der Waals surface area (Å²) < 4.78 is 10.7. The van der Waals surface area contributed by atoms with Gasteiger partial charge in [-0.15, -0.1) is 0 Å². The summed E-state index contributed by atoms with van der Waals surface area (Å²) in [5.74, 6) is -0.237. The van der Waals surface area contributed by atoms with Crippen LogP contribution in [0.5, 0.6) is 5.75 Å². The first-order valence-electron chi connectivity index (χ1n) is 8.08. The number of carbonyl (C=O) groups excluding carboxylic acids is 1. The van der Waals surface area contributed by atoms with Gasteiger partial charge in [-0.1, -0.05) is 18.2 Å². The molecule has 132 valence electrons. The van der Waals surface area contributed by atoms with Crippen molar-refractivity contribution in [1.82, 2.24) is 4.90 Å². The van der Waals surface area contributed by atoms with Gasteiger partial charge in [-0.05, 0) is 51.2 Å².